The van der Waals surface area contributed by atoms with Crippen LogP contribution in [0, 0.1) is 10.1 Å². The first kappa shape index (κ1) is 17.8. The topological polar surface area (TPSA) is 81.8 Å². The molecule has 0 atom stereocenters. The van der Waals surface area contributed by atoms with Gasteiger partial charge in [-0.1, -0.05) is 33.6 Å². The van der Waals surface area contributed by atoms with Crippen LogP contribution in [-0.4, -0.2) is 16.8 Å². The molecule has 0 bridgehead atoms. The predicted octanol–water partition coefficient (Wildman–Crippen LogP) is 5.57. The highest BCUT2D eigenvalue weighted by Gasteiger charge is 2.28. The summed E-state index contributed by atoms with van der Waals surface area (Å²) < 4.78 is 7.14. The number of fused-ring (bicyclic) bond motifs is 1. The van der Waals surface area contributed by atoms with Crippen LogP contribution in [0.2, 0.25) is 5.02 Å². The van der Waals surface area contributed by atoms with Gasteiger partial charge in [-0.3, -0.25) is 10.1 Å². The number of carbonyl (C=O) groups is 1. The van der Waals surface area contributed by atoms with E-state index in [0.717, 1.165) is 14.6 Å². The minimum atomic E-state index is -0.599. The Hall–Kier alpha value is -2.55. The molecule has 0 amide bonds. The summed E-state index contributed by atoms with van der Waals surface area (Å²) in [4.78, 5) is 27.2. The molecular weight excluding hydrogens is 456 g/mol. The molecular formula is C18H8BrClN2O4S. The van der Waals surface area contributed by atoms with Crippen molar-refractivity contribution in [2.75, 3.05) is 0 Å². The van der Waals surface area contributed by atoms with Crippen LogP contribution in [0.15, 0.2) is 57.6 Å². The SMILES string of the molecule is O=C1OC(c2sc3cc(Br)ccc3c2Cl)=N/C1=C/c1ccc([N+](=O)[O-])cc1. The first-order valence-electron chi connectivity index (χ1n) is 7.57. The van der Waals surface area contributed by atoms with Crippen molar-refractivity contribution in [2.24, 2.45) is 4.99 Å². The molecule has 0 saturated carbocycles. The summed E-state index contributed by atoms with van der Waals surface area (Å²) in [5.41, 5.74) is 0.677. The molecule has 0 aliphatic carbocycles. The van der Waals surface area contributed by atoms with E-state index in [0.29, 0.717) is 15.5 Å². The summed E-state index contributed by atoms with van der Waals surface area (Å²) in [6.45, 7) is 0. The van der Waals surface area contributed by atoms with Crippen molar-refractivity contribution in [2.45, 2.75) is 0 Å². The molecule has 134 valence electrons. The van der Waals surface area contributed by atoms with Crippen LogP contribution in [0.4, 0.5) is 5.69 Å². The Kier molecular flexibility index (Phi) is 4.55. The summed E-state index contributed by atoms with van der Waals surface area (Å²) >= 11 is 11.2. The number of nitro benzene ring substituents is 1. The van der Waals surface area contributed by atoms with Crippen LogP contribution in [0.25, 0.3) is 16.2 Å². The molecule has 0 N–H and O–H groups in total. The molecule has 1 aliphatic heterocycles. The Morgan fingerprint density at radius 1 is 1.22 bits per heavy atom. The highest BCUT2D eigenvalue weighted by molar-refractivity contribution is 9.10. The number of carbonyl (C=O) groups excluding carboxylic acids is 1. The fourth-order valence-corrected chi connectivity index (χ4v) is 4.52. The summed E-state index contributed by atoms with van der Waals surface area (Å²) in [7, 11) is 0. The number of aliphatic imine (C=N–C) groups is 1. The Morgan fingerprint density at radius 2 is 1.96 bits per heavy atom. The van der Waals surface area contributed by atoms with Crippen molar-refractivity contribution in [1.82, 2.24) is 0 Å². The molecule has 0 radical (unpaired) electrons. The van der Waals surface area contributed by atoms with Crippen LogP contribution < -0.4 is 0 Å². The van der Waals surface area contributed by atoms with Gasteiger partial charge in [0.1, 0.15) is 4.88 Å². The van der Waals surface area contributed by atoms with Gasteiger partial charge in [-0.25, -0.2) is 9.79 Å². The lowest BCUT2D eigenvalue weighted by atomic mass is 10.2. The molecule has 27 heavy (non-hydrogen) atoms. The summed E-state index contributed by atoms with van der Waals surface area (Å²) in [5.74, 6) is -0.450. The second kappa shape index (κ2) is 6.88. The third-order valence-corrected chi connectivity index (χ3v) is 5.95. The van der Waals surface area contributed by atoms with E-state index in [-0.39, 0.29) is 17.3 Å². The quantitative estimate of drug-likeness (QED) is 0.220. The summed E-state index contributed by atoms with van der Waals surface area (Å²) in [5, 5.41) is 12.0. The van der Waals surface area contributed by atoms with Gasteiger partial charge in [-0.2, -0.15) is 0 Å². The fourth-order valence-electron chi connectivity index (χ4n) is 2.53. The van der Waals surface area contributed by atoms with E-state index in [2.05, 4.69) is 20.9 Å². The van der Waals surface area contributed by atoms with E-state index in [9.17, 15) is 14.9 Å². The second-order valence-electron chi connectivity index (χ2n) is 5.57. The summed E-state index contributed by atoms with van der Waals surface area (Å²) in [6.07, 6.45) is 1.51. The van der Waals surface area contributed by atoms with E-state index in [1.54, 1.807) is 0 Å². The Morgan fingerprint density at radius 3 is 2.67 bits per heavy atom. The average molecular weight is 464 g/mol. The minimum Gasteiger partial charge on any atom is -0.401 e. The number of hydrogen-bond donors (Lipinski definition) is 0. The van der Waals surface area contributed by atoms with Crippen LogP contribution >= 0.6 is 38.9 Å². The third-order valence-electron chi connectivity index (χ3n) is 3.81. The average Bonchev–Trinajstić information content (AvgIpc) is 3.15. The molecule has 0 unspecified atom stereocenters. The molecule has 9 heteroatoms. The van der Waals surface area contributed by atoms with E-state index < -0.39 is 10.9 Å². The van der Waals surface area contributed by atoms with Gasteiger partial charge in [0, 0.05) is 26.7 Å². The molecule has 4 rings (SSSR count). The maximum Gasteiger partial charge on any atom is 0.363 e. The number of rotatable bonds is 3. The number of cyclic esters (lactones) is 1. The van der Waals surface area contributed by atoms with Gasteiger partial charge in [0.05, 0.1) is 9.95 Å². The van der Waals surface area contributed by atoms with Crippen molar-refractivity contribution in [3.05, 3.63) is 78.2 Å². The molecule has 3 aromatic rings. The maximum absolute atomic E-state index is 12.2. The van der Waals surface area contributed by atoms with Gasteiger partial charge >= 0.3 is 5.97 Å². The zero-order valence-corrected chi connectivity index (χ0v) is 16.5. The molecule has 0 spiro atoms. The molecule has 1 aromatic heterocycles. The monoisotopic (exact) mass is 462 g/mol. The van der Waals surface area contributed by atoms with Crippen molar-refractivity contribution >= 4 is 72.6 Å². The molecule has 0 fully saturated rings. The van der Waals surface area contributed by atoms with Crippen molar-refractivity contribution in [1.29, 1.82) is 0 Å². The number of non-ortho nitro benzene ring substituents is 1. The standard InChI is InChI=1S/C18H8BrClN2O4S/c19-10-3-6-12-14(8-10)27-16(15(12)20)17-21-13(18(23)26-17)7-9-1-4-11(5-2-9)22(24)25/h1-8H/b13-7+. The smallest absolute Gasteiger partial charge is 0.363 e. The van der Waals surface area contributed by atoms with Gasteiger partial charge in [0.15, 0.2) is 5.70 Å². The van der Waals surface area contributed by atoms with Crippen LogP contribution in [0.1, 0.15) is 10.4 Å². The molecule has 2 aromatic carbocycles. The van der Waals surface area contributed by atoms with Crippen molar-refractivity contribution < 1.29 is 14.5 Å². The zero-order chi connectivity index (χ0) is 19.1. The lowest BCUT2D eigenvalue weighted by molar-refractivity contribution is -0.384. The van der Waals surface area contributed by atoms with Crippen LogP contribution in [0.3, 0.4) is 0 Å². The van der Waals surface area contributed by atoms with Gasteiger partial charge in [0.2, 0.25) is 5.90 Å². The van der Waals surface area contributed by atoms with Crippen LogP contribution in [-0.2, 0) is 9.53 Å². The van der Waals surface area contributed by atoms with Gasteiger partial charge in [-0.15, -0.1) is 11.3 Å². The fraction of sp³-hybridized carbons (Fsp3) is 0. The highest BCUT2D eigenvalue weighted by Crippen LogP contribution is 2.38. The first-order valence-corrected chi connectivity index (χ1v) is 9.56. The molecule has 2 heterocycles. The largest absolute Gasteiger partial charge is 0.401 e. The number of nitro groups is 1. The predicted molar refractivity (Wildman–Crippen MR) is 108 cm³/mol. The normalized spacial score (nSPS) is 15.3. The molecule has 0 saturated heterocycles. The molecule has 1 aliphatic rings. The van der Waals surface area contributed by atoms with Crippen LogP contribution in [0.5, 0.6) is 0 Å². The summed E-state index contributed by atoms with van der Waals surface area (Å²) in [6, 6.07) is 11.5. The van der Waals surface area contributed by atoms with Gasteiger partial charge < -0.3 is 4.74 Å². The van der Waals surface area contributed by atoms with Crippen molar-refractivity contribution in [3.8, 4) is 0 Å². The number of hydrogen-bond acceptors (Lipinski definition) is 6. The first-order chi connectivity index (χ1) is 12.9. The minimum absolute atomic E-state index is 0.0291. The number of ether oxygens (including phenoxy) is 1. The lowest BCUT2D eigenvalue weighted by Gasteiger charge is -1.95. The zero-order valence-electron chi connectivity index (χ0n) is 13.3. The van der Waals surface area contributed by atoms with E-state index in [1.807, 2.05) is 18.2 Å². The molecule has 6 nitrogen and oxygen atoms in total. The Balaban J connectivity index is 1.71. The van der Waals surface area contributed by atoms with Gasteiger partial charge in [0.25, 0.3) is 5.69 Å². The van der Waals surface area contributed by atoms with E-state index in [4.69, 9.17) is 16.3 Å². The van der Waals surface area contributed by atoms with E-state index >= 15 is 0 Å². The lowest BCUT2D eigenvalue weighted by Crippen LogP contribution is -2.04. The Labute approximate surface area is 170 Å². The highest BCUT2D eigenvalue weighted by atomic mass is 79.9. The number of benzene rings is 2. The van der Waals surface area contributed by atoms with Crippen molar-refractivity contribution in [3.63, 3.8) is 0 Å². The maximum atomic E-state index is 12.2. The Bertz CT molecular complexity index is 1170. The number of thiophene rings is 1. The number of halogens is 2. The number of esters is 1. The van der Waals surface area contributed by atoms with E-state index in [1.165, 1.54) is 41.7 Å². The third kappa shape index (κ3) is 3.39. The van der Waals surface area contributed by atoms with Gasteiger partial charge in [-0.05, 0) is 35.9 Å². The number of nitrogens with zero attached hydrogens (tertiary/aromatic N) is 2. The second-order valence-corrected chi connectivity index (χ2v) is 7.92.